The summed E-state index contributed by atoms with van der Waals surface area (Å²) in [5.41, 5.74) is 0.705. The predicted molar refractivity (Wildman–Crippen MR) is 72.3 cm³/mol. The van der Waals surface area contributed by atoms with Crippen LogP contribution in [0.1, 0.15) is 25.3 Å². The van der Waals surface area contributed by atoms with E-state index in [9.17, 15) is 9.18 Å². The van der Waals surface area contributed by atoms with Gasteiger partial charge in [0.2, 0.25) is 5.91 Å². The number of benzene rings is 1. The first-order valence-corrected chi connectivity index (χ1v) is 6.79. The summed E-state index contributed by atoms with van der Waals surface area (Å²) in [6.45, 7) is 3.35. The molecule has 0 aliphatic rings. The second kappa shape index (κ2) is 8.09. The second-order valence-electron chi connectivity index (χ2n) is 4.23. The molecule has 0 unspecified atom stereocenters. The molecule has 0 bridgehead atoms. The number of alkyl halides is 1. The van der Waals surface area contributed by atoms with Gasteiger partial charge in [-0.05, 0) is 24.1 Å². The van der Waals surface area contributed by atoms with E-state index in [-0.39, 0.29) is 18.1 Å². The number of carbonyl (C=O) groups excluding carboxylic acids is 1. The molecular weight excluding hydrogens is 253 g/mol. The first-order valence-electron chi connectivity index (χ1n) is 6.25. The van der Waals surface area contributed by atoms with Crippen molar-refractivity contribution in [3.8, 4) is 0 Å². The molecule has 100 valence electrons. The van der Waals surface area contributed by atoms with Gasteiger partial charge in [0.25, 0.3) is 0 Å². The minimum atomic E-state index is -0.308. The summed E-state index contributed by atoms with van der Waals surface area (Å²) in [6, 6.07) is 6.16. The second-order valence-corrected chi connectivity index (χ2v) is 4.61. The van der Waals surface area contributed by atoms with Crippen LogP contribution < -0.4 is 0 Å². The summed E-state index contributed by atoms with van der Waals surface area (Å²) in [5.74, 6) is 0.131. The SMILES string of the molecule is CCCCN(CCCl)C(=O)Cc1cccc(F)c1. The Balaban J connectivity index is 2.60. The van der Waals surface area contributed by atoms with E-state index in [4.69, 9.17) is 11.6 Å². The fraction of sp³-hybridized carbons (Fsp3) is 0.500. The van der Waals surface area contributed by atoms with Crippen molar-refractivity contribution in [3.63, 3.8) is 0 Å². The van der Waals surface area contributed by atoms with Crippen LogP contribution in [-0.2, 0) is 11.2 Å². The van der Waals surface area contributed by atoms with Gasteiger partial charge in [0.1, 0.15) is 5.82 Å². The number of carbonyl (C=O) groups is 1. The molecule has 0 saturated heterocycles. The molecule has 0 radical (unpaired) electrons. The highest BCUT2D eigenvalue weighted by Crippen LogP contribution is 2.07. The lowest BCUT2D eigenvalue weighted by molar-refractivity contribution is -0.130. The maximum atomic E-state index is 13.0. The smallest absolute Gasteiger partial charge is 0.227 e. The summed E-state index contributed by atoms with van der Waals surface area (Å²) in [5, 5.41) is 0. The highest BCUT2D eigenvalue weighted by molar-refractivity contribution is 6.18. The van der Waals surface area contributed by atoms with E-state index in [1.807, 2.05) is 0 Å². The van der Waals surface area contributed by atoms with Crippen molar-refractivity contribution in [1.29, 1.82) is 0 Å². The number of unbranched alkanes of at least 4 members (excludes halogenated alkanes) is 1. The molecule has 4 heteroatoms. The molecule has 0 N–H and O–H groups in total. The topological polar surface area (TPSA) is 20.3 Å². The third-order valence-electron chi connectivity index (χ3n) is 2.73. The van der Waals surface area contributed by atoms with E-state index in [1.165, 1.54) is 12.1 Å². The zero-order valence-electron chi connectivity index (χ0n) is 10.7. The molecule has 0 aromatic heterocycles. The number of amides is 1. The highest BCUT2D eigenvalue weighted by atomic mass is 35.5. The molecule has 0 spiro atoms. The van der Waals surface area contributed by atoms with Crippen molar-refractivity contribution in [2.45, 2.75) is 26.2 Å². The molecule has 2 nitrogen and oxygen atoms in total. The first-order chi connectivity index (χ1) is 8.67. The van der Waals surface area contributed by atoms with Crippen LogP contribution in [0.15, 0.2) is 24.3 Å². The lowest BCUT2D eigenvalue weighted by Gasteiger charge is -2.21. The lowest BCUT2D eigenvalue weighted by Crippen LogP contribution is -2.34. The van der Waals surface area contributed by atoms with Gasteiger partial charge in [-0.2, -0.15) is 0 Å². The van der Waals surface area contributed by atoms with Crippen LogP contribution in [0.4, 0.5) is 4.39 Å². The van der Waals surface area contributed by atoms with Gasteiger partial charge in [0.15, 0.2) is 0 Å². The highest BCUT2D eigenvalue weighted by Gasteiger charge is 2.13. The van der Waals surface area contributed by atoms with Gasteiger partial charge in [-0.3, -0.25) is 4.79 Å². The lowest BCUT2D eigenvalue weighted by atomic mass is 10.1. The average molecular weight is 272 g/mol. The Morgan fingerprint density at radius 1 is 1.39 bits per heavy atom. The monoisotopic (exact) mass is 271 g/mol. The van der Waals surface area contributed by atoms with E-state index in [2.05, 4.69) is 6.92 Å². The number of hydrogen-bond donors (Lipinski definition) is 0. The fourth-order valence-electron chi connectivity index (χ4n) is 1.75. The van der Waals surface area contributed by atoms with Crippen LogP contribution in [-0.4, -0.2) is 29.8 Å². The molecule has 1 aromatic carbocycles. The average Bonchev–Trinajstić information content (AvgIpc) is 2.34. The van der Waals surface area contributed by atoms with E-state index >= 15 is 0 Å². The first kappa shape index (κ1) is 15.0. The number of rotatable bonds is 7. The Hall–Kier alpha value is -1.09. The largest absolute Gasteiger partial charge is 0.341 e. The number of hydrogen-bond acceptors (Lipinski definition) is 1. The maximum absolute atomic E-state index is 13.0. The molecule has 1 amide bonds. The third kappa shape index (κ3) is 5.05. The van der Waals surface area contributed by atoms with Crippen LogP contribution in [0, 0.1) is 5.82 Å². The summed E-state index contributed by atoms with van der Waals surface area (Å²) < 4.78 is 13.0. The minimum absolute atomic E-state index is 0.00898. The fourth-order valence-corrected chi connectivity index (χ4v) is 1.95. The van der Waals surface area contributed by atoms with Gasteiger partial charge in [0, 0.05) is 19.0 Å². The third-order valence-corrected chi connectivity index (χ3v) is 2.90. The van der Waals surface area contributed by atoms with Crippen LogP contribution in [0.25, 0.3) is 0 Å². The number of halogens is 2. The van der Waals surface area contributed by atoms with Crippen LogP contribution in [0.5, 0.6) is 0 Å². The van der Waals surface area contributed by atoms with Crippen molar-refractivity contribution in [3.05, 3.63) is 35.6 Å². The molecule has 0 heterocycles. The van der Waals surface area contributed by atoms with Crippen molar-refractivity contribution in [2.75, 3.05) is 19.0 Å². The van der Waals surface area contributed by atoms with Crippen molar-refractivity contribution < 1.29 is 9.18 Å². The van der Waals surface area contributed by atoms with Gasteiger partial charge >= 0.3 is 0 Å². The quantitative estimate of drug-likeness (QED) is 0.697. The molecule has 1 rings (SSSR count). The summed E-state index contributed by atoms with van der Waals surface area (Å²) in [7, 11) is 0. The molecule has 1 aromatic rings. The van der Waals surface area contributed by atoms with Gasteiger partial charge in [-0.1, -0.05) is 25.5 Å². The van der Waals surface area contributed by atoms with Crippen LogP contribution in [0.2, 0.25) is 0 Å². The van der Waals surface area contributed by atoms with Crippen molar-refractivity contribution in [2.24, 2.45) is 0 Å². The van der Waals surface area contributed by atoms with Crippen LogP contribution >= 0.6 is 11.6 Å². The number of nitrogens with zero attached hydrogens (tertiary/aromatic N) is 1. The molecule has 0 fully saturated rings. The van der Waals surface area contributed by atoms with Crippen molar-refractivity contribution >= 4 is 17.5 Å². The zero-order valence-corrected chi connectivity index (χ0v) is 11.4. The summed E-state index contributed by atoms with van der Waals surface area (Å²) in [6.07, 6.45) is 2.23. The zero-order chi connectivity index (χ0) is 13.4. The van der Waals surface area contributed by atoms with Gasteiger partial charge < -0.3 is 4.90 Å². The Bertz CT molecular complexity index is 384. The Labute approximate surface area is 113 Å². The summed E-state index contributed by atoms with van der Waals surface area (Å²) in [4.78, 5) is 13.8. The minimum Gasteiger partial charge on any atom is -0.341 e. The Morgan fingerprint density at radius 2 is 2.17 bits per heavy atom. The predicted octanol–water partition coefficient (Wildman–Crippen LogP) is 3.24. The van der Waals surface area contributed by atoms with Gasteiger partial charge in [-0.25, -0.2) is 4.39 Å². The van der Waals surface area contributed by atoms with E-state index in [0.717, 1.165) is 19.4 Å². The van der Waals surface area contributed by atoms with Gasteiger partial charge in [-0.15, -0.1) is 11.6 Å². The van der Waals surface area contributed by atoms with Crippen LogP contribution in [0.3, 0.4) is 0 Å². The van der Waals surface area contributed by atoms with Crippen molar-refractivity contribution in [1.82, 2.24) is 4.90 Å². The molecule has 0 saturated carbocycles. The summed E-state index contributed by atoms with van der Waals surface area (Å²) >= 11 is 5.69. The normalized spacial score (nSPS) is 10.4. The molecule has 0 aliphatic heterocycles. The molecule has 0 aliphatic carbocycles. The molecule has 0 atom stereocenters. The molecular formula is C14H19ClFNO. The van der Waals surface area contributed by atoms with E-state index in [1.54, 1.807) is 17.0 Å². The Kier molecular flexibility index (Phi) is 6.73. The van der Waals surface area contributed by atoms with Gasteiger partial charge in [0.05, 0.1) is 6.42 Å². The standard InChI is InChI=1S/C14H19ClFNO/c1-2-3-8-17(9-7-15)14(18)11-12-5-4-6-13(16)10-12/h4-6,10H,2-3,7-9,11H2,1H3. The molecule has 18 heavy (non-hydrogen) atoms. The van der Waals surface area contributed by atoms with E-state index in [0.29, 0.717) is 18.0 Å². The van der Waals surface area contributed by atoms with E-state index < -0.39 is 0 Å². The Morgan fingerprint density at radius 3 is 2.78 bits per heavy atom. The maximum Gasteiger partial charge on any atom is 0.227 e.